The molecule has 2 amide bonds. The van der Waals surface area contributed by atoms with Gasteiger partial charge in [0.15, 0.2) is 0 Å². The largest absolute Gasteiger partial charge is 0.364 e. The highest BCUT2D eigenvalue weighted by molar-refractivity contribution is 5.73. The average molecular weight is 303 g/mol. The minimum absolute atomic E-state index is 0.269. The van der Waals surface area contributed by atoms with E-state index in [-0.39, 0.29) is 17.6 Å². The van der Waals surface area contributed by atoms with Crippen molar-refractivity contribution in [2.24, 2.45) is 11.7 Å². The highest BCUT2D eigenvalue weighted by atomic mass is 16.2. The number of amides is 2. The van der Waals surface area contributed by atoms with Gasteiger partial charge in [0.05, 0.1) is 11.6 Å². The number of anilines is 1. The molecular weight excluding hydrogens is 274 g/mol. The number of primary amides is 1. The van der Waals surface area contributed by atoms with E-state index in [9.17, 15) is 4.79 Å². The summed E-state index contributed by atoms with van der Waals surface area (Å²) in [5.41, 5.74) is 6.57. The molecule has 1 aromatic rings. The molecule has 1 aliphatic heterocycles. The second-order valence-corrected chi connectivity index (χ2v) is 7.16. The van der Waals surface area contributed by atoms with Gasteiger partial charge in [-0.3, -0.25) is 0 Å². The van der Waals surface area contributed by atoms with E-state index in [0.29, 0.717) is 12.5 Å². The molecule has 0 bridgehead atoms. The van der Waals surface area contributed by atoms with Crippen LogP contribution in [0, 0.1) is 5.92 Å². The van der Waals surface area contributed by atoms with Gasteiger partial charge in [-0.25, -0.2) is 4.79 Å². The summed E-state index contributed by atoms with van der Waals surface area (Å²) >= 11 is 0. The maximum Gasteiger partial charge on any atom is 0.315 e. The lowest BCUT2D eigenvalue weighted by Gasteiger charge is -2.53. The highest BCUT2D eigenvalue weighted by Gasteiger charge is 2.44. The molecule has 0 spiro atoms. The summed E-state index contributed by atoms with van der Waals surface area (Å²) in [5, 5.41) is 0. The first kappa shape index (κ1) is 16.7. The van der Waals surface area contributed by atoms with Crippen LogP contribution < -0.4 is 10.6 Å². The van der Waals surface area contributed by atoms with E-state index in [2.05, 4.69) is 56.9 Å². The lowest BCUT2D eigenvalue weighted by Crippen LogP contribution is -2.68. The second kappa shape index (κ2) is 6.59. The molecule has 0 saturated carbocycles. The molecule has 1 aromatic carbocycles. The van der Waals surface area contributed by atoms with Crippen LogP contribution in [0.25, 0.3) is 0 Å². The first-order valence-corrected chi connectivity index (χ1v) is 8.22. The van der Waals surface area contributed by atoms with Gasteiger partial charge >= 0.3 is 6.03 Å². The van der Waals surface area contributed by atoms with Crippen LogP contribution in [0.15, 0.2) is 30.3 Å². The van der Waals surface area contributed by atoms with Gasteiger partial charge in [-0.1, -0.05) is 32.0 Å². The van der Waals surface area contributed by atoms with Gasteiger partial charge in [-0.15, -0.1) is 0 Å². The Morgan fingerprint density at radius 3 is 2.45 bits per heavy atom. The number of nitrogens with zero attached hydrogens (tertiary/aromatic N) is 2. The van der Waals surface area contributed by atoms with Crippen LogP contribution in [0.4, 0.5) is 10.5 Å². The summed E-state index contributed by atoms with van der Waals surface area (Å²) in [6, 6.07) is 10.4. The molecule has 2 N–H and O–H groups in total. The van der Waals surface area contributed by atoms with E-state index in [1.54, 1.807) is 0 Å². The molecule has 1 heterocycles. The number of piperazine rings is 1. The fourth-order valence-electron chi connectivity index (χ4n) is 3.54. The third-order valence-corrected chi connectivity index (χ3v) is 4.82. The molecule has 0 radical (unpaired) electrons. The van der Waals surface area contributed by atoms with E-state index in [1.807, 2.05) is 11.0 Å². The van der Waals surface area contributed by atoms with Gasteiger partial charge in [-0.2, -0.15) is 0 Å². The number of rotatable bonds is 4. The molecule has 1 saturated heterocycles. The van der Waals surface area contributed by atoms with Crippen molar-refractivity contribution in [3.05, 3.63) is 30.3 Å². The molecular formula is C18H29N3O. The molecule has 1 fully saturated rings. The molecule has 2 rings (SSSR count). The minimum Gasteiger partial charge on any atom is -0.364 e. The maximum atomic E-state index is 11.8. The fourth-order valence-corrected chi connectivity index (χ4v) is 3.54. The van der Waals surface area contributed by atoms with Gasteiger partial charge in [0.1, 0.15) is 0 Å². The predicted octanol–water partition coefficient (Wildman–Crippen LogP) is 3.47. The quantitative estimate of drug-likeness (QED) is 0.926. The minimum atomic E-state index is -0.313. The topological polar surface area (TPSA) is 49.6 Å². The van der Waals surface area contributed by atoms with Crippen LogP contribution in [0.3, 0.4) is 0 Å². The van der Waals surface area contributed by atoms with Crippen LogP contribution in [-0.4, -0.2) is 35.6 Å². The van der Waals surface area contributed by atoms with E-state index in [1.165, 1.54) is 5.69 Å². The van der Waals surface area contributed by atoms with Crippen molar-refractivity contribution in [1.82, 2.24) is 4.90 Å². The summed E-state index contributed by atoms with van der Waals surface area (Å²) in [6.45, 7) is 10.3. The van der Waals surface area contributed by atoms with Crippen LogP contribution in [0.5, 0.6) is 0 Å². The van der Waals surface area contributed by atoms with Gasteiger partial charge in [0.25, 0.3) is 0 Å². The van der Waals surface area contributed by atoms with Crippen molar-refractivity contribution in [1.29, 1.82) is 0 Å². The van der Waals surface area contributed by atoms with Crippen LogP contribution in [-0.2, 0) is 0 Å². The zero-order chi connectivity index (χ0) is 16.3. The second-order valence-electron chi connectivity index (χ2n) is 7.16. The van der Waals surface area contributed by atoms with Gasteiger partial charge in [0, 0.05) is 18.8 Å². The SMILES string of the molecule is CC(C)CCC1N(c2ccccc2)CCN(C(N)=O)C1(C)C. The van der Waals surface area contributed by atoms with Crippen LogP contribution >= 0.6 is 0 Å². The smallest absolute Gasteiger partial charge is 0.315 e. The zero-order valence-electron chi connectivity index (χ0n) is 14.2. The van der Waals surface area contributed by atoms with Gasteiger partial charge in [0.2, 0.25) is 0 Å². The third kappa shape index (κ3) is 3.37. The number of hydrogen-bond acceptors (Lipinski definition) is 2. The number of urea groups is 1. The normalized spacial score (nSPS) is 21.2. The van der Waals surface area contributed by atoms with E-state index < -0.39 is 0 Å². The molecule has 1 atom stereocenters. The summed E-state index contributed by atoms with van der Waals surface area (Å²) < 4.78 is 0. The number of carbonyl (C=O) groups is 1. The average Bonchev–Trinajstić information content (AvgIpc) is 2.45. The molecule has 22 heavy (non-hydrogen) atoms. The number of benzene rings is 1. The Bertz CT molecular complexity index is 498. The molecule has 0 aromatic heterocycles. The first-order chi connectivity index (χ1) is 10.3. The highest BCUT2D eigenvalue weighted by Crippen LogP contribution is 2.34. The Hall–Kier alpha value is -1.71. The lowest BCUT2D eigenvalue weighted by atomic mass is 9.83. The Labute approximate surface area is 134 Å². The summed E-state index contributed by atoms with van der Waals surface area (Å²) in [6.07, 6.45) is 2.20. The maximum absolute atomic E-state index is 11.8. The number of nitrogens with two attached hydrogens (primary N) is 1. The molecule has 122 valence electrons. The van der Waals surface area contributed by atoms with Crippen LogP contribution in [0.1, 0.15) is 40.5 Å². The van der Waals surface area contributed by atoms with Crippen molar-refractivity contribution in [3.63, 3.8) is 0 Å². The van der Waals surface area contributed by atoms with E-state index >= 15 is 0 Å². The van der Waals surface area contributed by atoms with Crippen molar-refractivity contribution in [2.45, 2.75) is 52.1 Å². The summed E-state index contributed by atoms with van der Waals surface area (Å²) in [5.74, 6) is 0.650. The van der Waals surface area contributed by atoms with E-state index in [4.69, 9.17) is 5.73 Å². The zero-order valence-corrected chi connectivity index (χ0v) is 14.2. The fraction of sp³-hybridized carbons (Fsp3) is 0.611. The van der Waals surface area contributed by atoms with Crippen molar-refractivity contribution in [2.75, 3.05) is 18.0 Å². The Balaban J connectivity index is 2.31. The summed E-state index contributed by atoms with van der Waals surface area (Å²) in [7, 11) is 0. The monoisotopic (exact) mass is 303 g/mol. The number of para-hydroxylation sites is 1. The Morgan fingerprint density at radius 1 is 1.27 bits per heavy atom. The standard InChI is InChI=1S/C18H29N3O/c1-14(2)10-11-16-18(3,4)21(17(19)22)13-12-20(16)15-8-6-5-7-9-15/h5-9,14,16H,10-13H2,1-4H3,(H2,19,22). The predicted molar refractivity (Wildman–Crippen MR) is 92.0 cm³/mol. The molecule has 1 aliphatic rings. The lowest BCUT2D eigenvalue weighted by molar-refractivity contribution is 0.0928. The number of carbonyl (C=O) groups excluding carboxylic acids is 1. The van der Waals surface area contributed by atoms with Crippen LogP contribution in [0.2, 0.25) is 0 Å². The van der Waals surface area contributed by atoms with Gasteiger partial charge in [-0.05, 0) is 44.7 Å². The van der Waals surface area contributed by atoms with Gasteiger partial charge < -0.3 is 15.5 Å². The first-order valence-electron chi connectivity index (χ1n) is 8.22. The molecule has 4 heteroatoms. The number of hydrogen-bond donors (Lipinski definition) is 1. The van der Waals surface area contributed by atoms with Crippen molar-refractivity contribution < 1.29 is 4.79 Å². The molecule has 0 aliphatic carbocycles. The van der Waals surface area contributed by atoms with Crippen molar-refractivity contribution >= 4 is 11.7 Å². The molecule has 4 nitrogen and oxygen atoms in total. The summed E-state index contributed by atoms with van der Waals surface area (Å²) in [4.78, 5) is 16.1. The Kier molecular flexibility index (Phi) is 4.99. The Morgan fingerprint density at radius 2 is 1.91 bits per heavy atom. The van der Waals surface area contributed by atoms with E-state index in [0.717, 1.165) is 19.4 Å². The molecule has 1 unspecified atom stereocenters. The third-order valence-electron chi connectivity index (χ3n) is 4.82. The van der Waals surface area contributed by atoms with Crippen molar-refractivity contribution in [3.8, 4) is 0 Å².